The van der Waals surface area contributed by atoms with Crippen LogP contribution in [0.15, 0.2) is 30.6 Å². The average Bonchev–Trinajstić information content (AvgIpc) is 2.95. The number of nitrogens with one attached hydrogen (secondary N) is 1. The number of nitrogens with two attached hydrogens (primary N) is 1. The van der Waals surface area contributed by atoms with E-state index in [9.17, 15) is 4.79 Å². The number of ether oxygens (including phenoxy) is 1. The number of primary amides is 1. The molecular formula is C14H18N4O2. The largest absolute Gasteiger partial charge is 0.496 e. The van der Waals surface area contributed by atoms with Crippen LogP contribution in [0.4, 0.5) is 0 Å². The van der Waals surface area contributed by atoms with Gasteiger partial charge in [0.25, 0.3) is 5.91 Å². The van der Waals surface area contributed by atoms with E-state index in [1.54, 1.807) is 18.0 Å². The van der Waals surface area contributed by atoms with E-state index in [2.05, 4.69) is 10.4 Å². The minimum atomic E-state index is -0.498. The molecule has 0 radical (unpaired) electrons. The fourth-order valence-corrected chi connectivity index (χ4v) is 2.07. The second-order valence-corrected chi connectivity index (χ2v) is 4.44. The van der Waals surface area contributed by atoms with Crippen molar-refractivity contribution < 1.29 is 9.53 Å². The standard InChI is InChI=1S/C14H18N4O2/c1-9(16-2)13-11(5-4-6-12(13)20-3)18-8-10(7-17-18)14(15)19/h4-9,16H,1-3H3,(H2,15,19). The molecule has 6 heteroatoms. The molecule has 1 heterocycles. The molecule has 3 N–H and O–H groups in total. The minimum absolute atomic E-state index is 0.0716. The van der Waals surface area contributed by atoms with Crippen LogP contribution in [0.3, 0.4) is 0 Å². The van der Waals surface area contributed by atoms with E-state index >= 15 is 0 Å². The van der Waals surface area contributed by atoms with Crippen LogP contribution in [0.2, 0.25) is 0 Å². The smallest absolute Gasteiger partial charge is 0.251 e. The monoisotopic (exact) mass is 274 g/mol. The summed E-state index contributed by atoms with van der Waals surface area (Å²) in [6.07, 6.45) is 3.07. The highest BCUT2D eigenvalue weighted by molar-refractivity contribution is 5.92. The SMILES string of the molecule is CNC(C)c1c(OC)cccc1-n1cc(C(N)=O)cn1. The molecule has 2 aromatic rings. The Bertz CT molecular complexity index is 621. The Morgan fingerprint density at radius 2 is 2.25 bits per heavy atom. The Kier molecular flexibility index (Phi) is 4.05. The van der Waals surface area contributed by atoms with Crippen molar-refractivity contribution in [3.8, 4) is 11.4 Å². The Morgan fingerprint density at radius 1 is 1.50 bits per heavy atom. The Morgan fingerprint density at radius 3 is 2.80 bits per heavy atom. The summed E-state index contributed by atoms with van der Waals surface area (Å²) in [6.45, 7) is 2.03. The zero-order valence-electron chi connectivity index (χ0n) is 11.8. The molecule has 0 aliphatic carbocycles. The number of methoxy groups -OCH3 is 1. The maximum Gasteiger partial charge on any atom is 0.251 e. The first-order valence-electron chi connectivity index (χ1n) is 6.27. The predicted molar refractivity (Wildman–Crippen MR) is 76.1 cm³/mol. The molecule has 0 bridgehead atoms. The first-order valence-corrected chi connectivity index (χ1v) is 6.27. The fourth-order valence-electron chi connectivity index (χ4n) is 2.07. The van der Waals surface area contributed by atoms with Crippen molar-refractivity contribution in [1.29, 1.82) is 0 Å². The van der Waals surface area contributed by atoms with Crippen molar-refractivity contribution in [2.24, 2.45) is 5.73 Å². The van der Waals surface area contributed by atoms with Crippen molar-refractivity contribution in [3.63, 3.8) is 0 Å². The highest BCUT2D eigenvalue weighted by atomic mass is 16.5. The van der Waals surface area contributed by atoms with E-state index in [1.807, 2.05) is 32.2 Å². The molecule has 0 spiro atoms. The summed E-state index contributed by atoms with van der Waals surface area (Å²) in [5.41, 5.74) is 7.44. The number of rotatable bonds is 5. The fraction of sp³-hybridized carbons (Fsp3) is 0.286. The lowest BCUT2D eigenvalue weighted by atomic mass is 10.0. The molecule has 0 saturated heterocycles. The molecule has 1 unspecified atom stereocenters. The maximum absolute atomic E-state index is 11.2. The number of benzene rings is 1. The third-order valence-corrected chi connectivity index (χ3v) is 3.24. The molecule has 1 atom stereocenters. The lowest BCUT2D eigenvalue weighted by Gasteiger charge is -2.19. The first kappa shape index (κ1) is 14.1. The van der Waals surface area contributed by atoms with Crippen LogP contribution in [0.1, 0.15) is 28.9 Å². The number of carbonyl (C=O) groups excluding carboxylic acids is 1. The van der Waals surface area contributed by atoms with Gasteiger partial charge in [-0.2, -0.15) is 5.10 Å². The molecular weight excluding hydrogens is 256 g/mol. The van der Waals surface area contributed by atoms with Crippen molar-refractivity contribution in [2.75, 3.05) is 14.2 Å². The van der Waals surface area contributed by atoms with Crippen molar-refractivity contribution in [3.05, 3.63) is 41.7 Å². The highest BCUT2D eigenvalue weighted by Gasteiger charge is 2.17. The summed E-state index contributed by atoms with van der Waals surface area (Å²) >= 11 is 0. The van der Waals surface area contributed by atoms with Gasteiger partial charge in [0.15, 0.2) is 0 Å². The third-order valence-electron chi connectivity index (χ3n) is 3.24. The topological polar surface area (TPSA) is 82.2 Å². The van der Waals surface area contributed by atoms with Crippen LogP contribution in [-0.4, -0.2) is 29.8 Å². The summed E-state index contributed by atoms with van der Waals surface area (Å²) in [5.74, 6) is 0.267. The average molecular weight is 274 g/mol. The van der Waals surface area contributed by atoms with Crippen LogP contribution in [0.25, 0.3) is 5.69 Å². The second kappa shape index (κ2) is 5.75. The zero-order valence-corrected chi connectivity index (χ0v) is 11.8. The molecule has 20 heavy (non-hydrogen) atoms. The van der Waals surface area contributed by atoms with Gasteiger partial charge in [0, 0.05) is 17.8 Å². The number of aromatic nitrogens is 2. The molecule has 0 saturated carbocycles. The lowest BCUT2D eigenvalue weighted by molar-refractivity contribution is 0.100. The Hall–Kier alpha value is -2.34. The van der Waals surface area contributed by atoms with Gasteiger partial charge in [-0.3, -0.25) is 4.79 Å². The van der Waals surface area contributed by atoms with Crippen LogP contribution >= 0.6 is 0 Å². The number of carbonyl (C=O) groups is 1. The predicted octanol–water partition coefficient (Wildman–Crippen LogP) is 1.26. The van der Waals surface area contributed by atoms with E-state index < -0.39 is 5.91 Å². The summed E-state index contributed by atoms with van der Waals surface area (Å²) < 4.78 is 7.04. The molecule has 106 valence electrons. The molecule has 1 amide bonds. The Labute approximate surface area is 117 Å². The molecule has 2 rings (SSSR count). The van der Waals surface area contributed by atoms with Gasteiger partial charge in [0.05, 0.1) is 24.6 Å². The number of amides is 1. The highest BCUT2D eigenvalue weighted by Crippen LogP contribution is 2.30. The van der Waals surface area contributed by atoms with E-state index in [0.717, 1.165) is 17.0 Å². The van der Waals surface area contributed by atoms with Gasteiger partial charge in [0.2, 0.25) is 0 Å². The summed E-state index contributed by atoms with van der Waals surface area (Å²) in [6, 6.07) is 5.77. The lowest BCUT2D eigenvalue weighted by Crippen LogP contribution is -2.16. The van der Waals surface area contributed by atoms with Crippen LogP contribution in [0, 0.1) is 0 Å². The molecule has 0 fully saturated rings. The van der Waals surface area contributed by atoms with Crippen molar-refractivity contribution in [2.45, 2.75) is 13.0 Å². The van der Waals surface area contributed by atoms with Gasteiger partial charge in [-0.15, -0.1) is 0 Å². The van der Waals surface area contributed by atoms with Gasteiger partial charge in [-0.1, -0.05) is 6.07 Å². The van der Waals surface area contributed by atoms with E-state index in [1.165, 1.54) is 6.20 Å². The quantitative estimate of drug-likeness (QED) is 0.860. The van der Waals surface area contributed by atoms with Crippen LogP contribution in [-0.2, 0) is 0 Å². The molecule has 0 aliphatic heterocycles. The van der Waals surface area contributed by atoms with Crippen LogP contribution < -0.4 is 15.8 Å². The first-order chi connectivity index (χ1) is 9.58. The third kappa shape index (κ3) is 2.50. The number of nitrogens with zero attached hydrogens (tertiary/aromatic N) is 2. The van der Waals surface area contributed by atoms with E-state index in [0.29, 0.717) is 5.56 Å². The minimum Gasteiger partial charge on any atom is -0.496 e. The van der Waals surface area contributed by atoms with Crippen LogP contribution in [0.5, 0.6) is 5.75 Å². The van der Waals surface area contributed by atoms with Gasteiger partial charge < -0.3 is 15.8 Å². The van der Waals surface area contributed by atoms with Crippen molar-refractivity contribution in [1.82, 2.24) is 15.1 Å². The van der Waals surface area contributed by atoms with Gasteiger partial charge >= 0.3 is 0 Å². The molecule has 6 nitrogen and oxygen atoms in total. The summed E-state index contributed by atoms with van der Waals surface area (Å²) in [4.78, 5) is 11.2. The normalized spacial score (nSPS) is 12.2. The second-order valence-electron chi connectivity index (χ2n) is 4.44. The summed E-state index contributed by atoms with van der Waals surface area (Å²) in [5, 5.41) is 7.38. The molecule has 0 aliphatic rings. The van der Waals surface area contributed by atoms with E-state index in [4.69, 9.17) is 10.5 Å². The number of hydrogen-bond acceptors (Lipinski definition) is 4. The van der Waals surface area contributed by atoms with Gasteiger partial charge in [-0.25, -0.2) is 4.68 Å². The Balaban J connectivity index is 2.57. The molecule has 1 aromatic carbocycles. The zero-order chi connectivity index (χ0) is 14.7. The maximum atomic E-state index is 11.2. The van der Waals surface area contributed by atoms with E-state index in [-0.39, 0.29) is 6.04 Å². The van der Waals surface area contributed by atoms with Gasteiger partial charge in [0.1, 0.15) is 5.75 Å². The summed E-state index contributed by atoms with van der Waals surface area (Å²) in [7, 11) is 3.50. The van der Waals surface area contributed by atoms with Gasteiger partial charge in [-0.05, 0) is 26.1 Å². The number of hydrogen-bond donors (Lipinski definition) is 2. The van der Waals surface area contributed by atoms with Crippen molar-refractivity contribution >= 4 is 5.91 Å². The molecule has 1 aromatic heterocycles.